The summed E-state index contributed by atoms with van der Waals surface area (Å²) in [6, 6.07) is 2.00. The second-order valence-electron chi connectivity index (χ2n) is 7.84. The smallest absolute Gasteiger partial charge is 0.328 e. The van der Waals surface area contributed by atoms with E-state index < -0.39 is 0 Å². The molecule has 2 aromatic rings. The van der Waals surface area contributed by atoms with Crippen LogP contribution in [0.2, 0.25) is 0 Å². The van der Waals surface area contributed by atoms with E-state index in [1.807, 2.05) is 12.3 Å². The van der Waals surface area contributed by atoms with Crippen molar-refractivity contribution < 1.29 is 9.53 Å². The summed E-state index contributed by atoms with van der Waals surface area (Å²) in [6.45, 7) is 4.39. The molecule has 2 aromatic heterocycles. The van der Waals surface area contributed by atoms with E-state index in [0.717, 1.165) is 42.8 Å². The number of rotatable bonds is 2. The fourth-order valence-electron chi connectivity index (χ4n) is 4.75. The highest BCUT2D eigenvalue weighted by Gasteiger charge is 2.50. The van der Waals surface area contributed by atoms with Gasteiger partial charge < -0.3 is 24.8 Å². The zero-order valence-electron chi connectivity index (χ0n) is 15.1. The number of hydrogen-bond donors (Lipinski definition) is 2. The molecule has 2 N–H and O–H groups in total. The predicted molar refractivity (Wildman–Crippen MR) is 104 cm³/mol. The number of ether oxygens (including phenoxy) is 1. The lowest BCUT2D eigenvalue weighted by Crippen LogP contribution is -2.65. The summed E-state index contributed by atoms with van der Waals surface area (Å²) in [4.78, 5) is 28.5. The van der Waals surface area contributed by atoms with Gasteiger partial charge >= 0.3 is 5.97 Å². The molecule has 27 heavy (non-hydrogen) atoms. The number of H-pyrrole nitrogens is 1. The lowest BCUT2D eigenvalue weighted by molar-refractivity contribution is -0.139. The number of cyclic esters (lactones) is 1. The van der Waals surface area contributed by atoms with Gasteiger partial charge in [-0.15, -0.1) is 0 Å². The molecule has 0 spiro atoms. The summed E-state index contributed by atoms with van der Waals surface area (Å²) in [5.41, 5.74) is 0.764. The molecule has 0 saturated carbocycles. The van der Waals surface area contributed by atoms with Crippen LogP contribution in [0.5, 0.6) is 0 Å². The molecular formula is C18H22N6O2S. The van der Waals surface area contributed by atoms with Gasteiger partial charge in [0.25, 0.3) is 0 Å². The van der Waals surface area contributed by atoms with Gasteiger partial charge in [-0.25, -0.2) is 14.8 Å². The second-order valence-corrected chi connectivity index (χ2v) is 8.22. The van der Waals surface area contributed by atoms with Crippen LogP contribution in [0.15, 0.2) is 18.6 Å². The Balaban J connectivity index is 1.39. The van der Waals surface area contributed by atoms with E-state index in [2.05, 4.69) is 37.0 Å². The van der Waals surface area contributed by atoms with Crippen LogP contribution in [-0.4, -0.2) is 68.3 Å². The van der Waals surface area contributed by atoms with Crippen LogP contribution in [0.1, 0.15) is 26.2 Å². The first-order chi connectivity index (χ1) is 13.0. The Kier molecular flexibility index (Phi) is 3.75. The van der Waals surface area contributed by atoms with Gasteiger partial charge in [-0.05, 0) is 38.0 Å². The monoisotopic (exact) mass is 386 g/mol. The van der Waals surface area contributed by atoms with Crippen molar-refractivity contribution in [3.05, 3.63) is 18.6 Å². The third kappa shape index (κ3) is 2.63. The van der Waals surface area contributed by atoms with Crippen molar-refractivity contribution in [3.63, 3.8) is 0 Å². The van der Waals surface area contributed by atoms with Crippen molar-refractivity contribution in [2.24, 2.45) is 0 Å². The van der Waals surface area contributed by atoms with Crippen molar-refractivity contribution in [2.75, 3.05) is 24.6 Å². The summed E-state index contributed by atoms with van der Waals surface area (Å²) in [6.07, 6.45) is 6.32. The molecule has 3 atom stereocenters. The first kappa shape index (κ1) is 16.7. The number of nitrogens with zero attached hydrogens (tertiary/aromatic N) is 4. The second kappa shape index (κ2) is 6.05. The summed E-state index contributed by atoms with van der Waals surface area (Å²) in [5.74, 6) is 0.765. The number of aromatic amines is 1. The molecule has 5 rings (SSSR count). The first-order valence-corrected chi connectivity index (χ1v) is 9.75. The Hall–Kier alpha value is -2.42. The van der Waals surface area contributed by atoms with Crippen LogP contribution in [0.3, 0.4) is 0 Å². The van der Waals surface area contributed by atoms with Crippen molar-refractivity contribution in [2.45, 2.75) is 43.8 Å². The normalized spacial score (nSPS) is 30.0. The molecule has 0 aliphatic carbocycles. The molecule has 142 valence electrons. The Morgan fingerprint density at radius 1 is 1.44 bits per heavy atom. The minimum atomic E-state index is -0.320. The van der Waals surface area contributed by atoms with Crippen molar-refractivity contribution in [3.8, 4) is 0 Å². The molecule has 8 nitrogen and oxygen atoms in total. The van der Waals surface area contributed by atoms with Gasteiger partial charge in [-0.2, -0.15) is 0 Å². The molecule has 9 heteroatoms. The third-order valence-corrected chi connectivity index (χ3v) is 6.32. The molecule has 2 bridgehead atoms. The fourth-order valence-corrected chi connectivity index (χ4v) is 5.27. The fraction of sp³-hybridized carbons (Fsp3) is 0.556. The summed E-state index contributed by atoms with van der Waals surface area (Å²) < 4.78 is 5.05. The molecule has 3 fully saturated rings. The molecule has 3 saturated heterocycles. The average Bonchev–Trinajstić information content (AvgIpc) is 3.32. The summed E-state index contributed by atoms with van der Waals surface area (Å²) in [7, 11) is 0. The highest BCUT2D eigenvalue weighted by molar-refractivity contribution is 7.80. The molecular weight excluding hydrogens is 364 g/mol. The number of hydrogen-bond acceptors (Lipinski definition) is 6. The minimum Gasteiger partial charge on any atom is -0.464 e. The van der Waals surface area contributed by atoms with Gasteiger partial charge in [0, 0.05) is 31.7 Å². The van der Waals surface area contributed by atoms with Crippen LogP contribution < -0.4 is 10.2 Å². The van der Waals surface area contributed by atoms with E-state index in [1.165, 1.54) is 0 Å². The molecule has 3 aliphatic rings. The van der Waals surface area contributed by atoms with Gasteiger partial charge in [0.1, 0.15) is 23.8 Å². The van der Waals surface area contributed by atoms with Crippen molar-refractivity contribution >= 4 is 40.2 Å². The van der Waals surface area contributed by atoms with Crippen molar-refractivity contribution in [1.82, 2.24) is 25.2 Å². The summed E-state index contributed by atoms with van der Waals surface area (Å²) >= 11 is 5.71. The topological polar surface area (TPSA) is 86.4 Å². The van der Waals surface area contributed by atoms with Crippen LogP contribution in [0, 0.1) is 0 Å². The van der Waals surface area contributed by atoms with Gasteiger partial charge in [-0.1, -0.05) is 0 Å². The Labute approximate surface area is 162 Å². The average molecular weight is 386 g/mol. The lowest BCUT2D eigenvalue weighted by atomic mass is 9.98. The molecule has 5 heterocycles. The van der Waals surface area contributed by atoms with Crippen LogP contribution >= 0.6 is 12.2 Å². The number of aromatic nitrogens is 3. The van der Waals surface area contributed by atoms with E-state index in [0.29, 0.717) is 24.2 Å². The van der Waals surface area contributed by atoms with E-state index in [1.54, 1.807) is 6.33 Å². The van der Waals surface area contributed by atoms with Crippen molar-refractivity contribution in [1.29, 1.82) is 0 Å². The number of nitrogens with one attached hydrogen (secondary N) is 2. The highest BCUT2D eigenvalue weighted by Crippen LogP contribution is 2.41. The van der Waals surface area contributed by atoms with Crippen LogP contribution in [-0.2, 0) is 9.53 Å². The van der Waals surface area contributed by atoms with E-state index in [4.69, 9.17) is 17.0 Å². The molecule has 3 aliphatic heterocycles. The highest BCUT2D eigenvalue weighted by atomic mass is 32.1. The molecule has 2 unspecified atom stereocenters. The maximum Gasteiger partial charge on any atom is 0.328 e. The SMILES string of the molecule is C[C@]12CCC(CN(c3ncnc4[nH]ccc34)C1)N2C(=S)NC1CCOC1=O. The predicted octanol–water partition coefficient (Wildman–Crippen LogP) is 1.19. The van der Waals surface area contributed by atoms with Gasteiger partial charge in [0.05, 0.1) is 17.5 Å². The number of carbonyl (C=O) groups excluding carboxylic acids is 1. The number of thiocarbonyl (C=S) groups is 1. The molecule has 0 aromatic carbocycles. The number of carbonyl (C=O) groups is 1. The summed E-state index contributed by atoms with van der Waals surface area (Å²) in [5, 5.41) is 4.95. The number of piperazine rings is 1. The Morgan fingerprint density at radius 2 is 2.33 bits per heavy atom. The number of fused-ring (bicyclic) bond motifs is 3. The maximum atomic E-state index is 11.8. The van der Waals surface area contributed by atoms with E-state index >= 15 is 0 Å². The standard InChI is InChI=1S/C18H22N6O2S/c1-18-5-2-11(24(18)17(27)22-13-4-7-26-16(13)25)8-23(9-18)15-12-3-6-19-14(12)20-10-21-15/h3,6,10-11,13H,2,4-5,7-9H2,1H3,(H,22,27)(H,19,20,21)/t11?,13?,18-/m0/s1. The van der Waals surface area contributed by atoms with Gasteiger partial charge in [-0.3, -0.25) is 0 Å². The minimum absolute atomic E-state index is 0.0942. The maximum absolute atomic E-state index is 11.8. The number of esters is 1. The zero-order chi connectivity index (χ0) is 18.6. The Bertz CT molecular complexity index is 916. The first-order valence-electron chi connectivity index (χ1n) is 9.35. The molecule has 0 amide bonds. The van der Waals surface area contributed by atoms with E-state index in [9.17, 15) is 4.79 Å². The van der Waals surface area contributed by atoms with Gasteiger partial charge in [0.15, 0.2) is 5.11 Å². The number of anilines is 1. The zero-order valence-corrected chi connectivity index (χ0v) is 16.0. The quantitative estimate of drug-likeness (QED) is 0.588. The van der Waals surface area contributed by atoms with E-state index in [-0.39, 0.29) is 17.6 Å². The van der Waals surface area contributed by atoms with Crippen LogP contribution in [0.25, 0.3) is 11.0 Å². The third-order valence-electron chi connectivity index (χ3n) is 6.01. The van der Waals surface area contributed by atoms with Crippen LogP contribution in [0.4, 0.5) is 5.82 Å². The Morgan fingerprint density at radius 3 is 3.11 bits per heavy atom. The molecule has 0 radical (unpaired) electrons. The largest absolute Gasteiger partial charge is 0.464 e. The van der Waals surface area contributed by atoms with Gasteiger partial charge in [0.2, 0.25) is 0 Å². The lowest BCUT2D eigenvalue weighted by Gasteiger charge is -2.49.